The summed E-state index contributed by atoms with van der Waals surface area (Å²) in [6, 6.07) is 9.82. The number of hydrogen-bond donors (Lipinski definition) is 2. The summed E-state index contributed by atoms with van der Waals surface area (Å²) in [6.07, 6.45) is 6.72. The molecule has 2 N–H and O–H groups in total. The Morgan fingerprint density at radius 1 is 1.18 bits per heavy atom. The monoisotopic (exact) mass is 376 g/mol. The van der Waals surface area contributed by atoms with Gasteiger partial charge in [0.25, 0.3) is 5.56 Å². The van der Waals surface area contributed by atoms with Crippen LogP contribution in [0.3, 0.4) is 0 Å². The van der Waals surface area contributed by atoms with Gasteiger partial charge < -0.3 is 9.72 Å². The van der Waals surface area contributed by atoms with Crippen molar-refractivity contribution in [3.8, 4) is 17.0 Å². The highest BCUT2D eigenvalue weighted by molar-refractivity contribution is 5.58. The lowest BCUT2D eigenvalue weighted by molar-refractivity contribution is 0.415. The molecule has 4 rings (SSSR count). The molecule has 0 unspecified atom stereocenters. The summed E-state index contributed by atoms with van der Waals surface area (Å²) in [4.78, 5) is 27.9. The van der Waals surface area contributed by atoms with Gasteiger partial charge in [0, 0.05) is 6.20 Å². The molecule has 0 amide bonds. The second kappa shape index (κ2) is 7.26. The van der Waals surface area contributed by atoms with Gasteiger partial charge >= 0.3 is 5.69 Å². The first-order valence-electron chi connectivity index (χ1n) is 9.04. The molecule has 0 saturated heterocycles. The number of nitrogens with one attached hydrogen (secondary N) is 2. The van der Waals surface area contributed by atoms with Crippen molar-refractivity contribution in [2.75, 3.05) is 7.11 Å². The van der Waals surface area contributed by atoms with Crippen molar-refractivity contribution in [3.05, 3.63) is 80.3 Å². The van der Waals surface area contributed by atoms with E-state index in [0.717, 1.165) is 29.0 Å². The summed E-state index contributed by atoms with van der Waals surface area (Å²) in [5, 5.41) is 8.34. The fourth-order valence-electron chi connectivity index (χ4n) is 3.31. The van der Waals surface area contributed by atoms with E-state index in [9.17, 15) is 9.59 Å². The highest BCUT2D eigenvalue weighted by Gasteiger charge is 2.37. The maximum absolute atomic E-state index is 12.0. The van der Waals surface area contributed by atoms with Crippen LogP contribution in [0.1, 0.15) is 29.2 Å². The maximum Gasteiger partial charge on any atom is 0.325 e. The van der Waals surface area contributed by atoms with E-state index in [4.69, 9.17) is 4.74 Å². The highest BCUT2D eigenvalue weighted by Crippen LogP contribution is 2.49. The molecule has 0 spiro atoms. The lowest BCUT2D eigenvalue weighted by Crippen LogP contribution is -2.23. The fourth-order valence-corrected chi connectivity index (χ4v) is 3.31. The van der Waals surface area contributed by atoms with Crippen molar-refractivity contribution in [3.63, 3.8) is 0 Å². The molecular formula is C21H20N4O3. The Labute approximate surface area is 161 Å². The smallest absolute Gasteiger partial charge is 0.325 e. The number of allylic oxidation sites excluding steroid dienone is 1. The first-order chi connectivity index (χ1) is 13.5. The average Bonchev–Trinajstić information content (AvgIpc) is 3.47. The number of benzene rings is 1. The third-order valence-electron chi connectivity index (χ3n) is 5.00. The normalized spacial score (nSPS) is 18.4. The van der Waals surface area contributed by atoms with Gasteiger partial charge in [-0.25, -0.2) is 4.79 Å². The van der Waals surface area contributed by atoms with Gasteiger partial charge in [-0.2, -0.15) is 5.10 Å². The van der Waals surface area contributed by atoms with Crippen LogP contribution in [0.2, 0.25) is 0 Å². The molecule has 28 heavy (non-hydrogen) atoms. The number of aryl methyl sites for hydroxylation is 1. The van der Waals surface area contributed by atoms with Crippen LogP contribution in [0, 0.1) is 12.8 Å². The van der Waals surface area contributed by atoms with Crippen molar-refractivity contribution in [1.29, 1.82) is 0 Å². The Balaban J connectivity index is 1.54. The number of methoxy groups -OCH3 is 1. The standard InChI is InChI=1S/C21H20N4O3/c1-12-16(10-19(25-24-12)18-11-22-21(27)23-20(18)26)17-9-14(17)6-3-13-4-7-15(28-2)8-5-13/h3-8,10-11,14,17H,9H2,1-2H3,(H2,22,23,26,27)/b6-3+/t14-,17-/m0/s1. The third kappa shape index (κ3) is 3.64. The number of hydrogen-bond acceptors (Lipinski definition) is 5. The van der Waals surface area contributed by atoms with E-state index < -0.39 is 11.2 Å². The summed E-state index contributed by atoms with van der Waals surface area (Å²) in [6.45, 7) is 1.92. The van der Waals surface area contributed by atoms with Gasteiger partial charge in [0.1, 0.15) is 11.4 Å². The quantitative estimate of drug-likeness (QED) is 0.713. The molecule has 142 valence electrons. The van der Waals surface area contributed by atoms with Gasteiger partial charge in [-0.1, -0.05) is 24.3 Å². The third-order valence-corrected chi connectivity index (χ3v) is 5.00. The SMILES string of the molecule is COc1ccc(/C=C/[C@H]2C[C@@H]2c2cc(-c3c[nH]c(=O)[nH]c3=O)nnc2C)cc1. The number of H-pyrrole nitrogens is 2. The molecule has 0 aliphatic heterocycles. The van der Waals surface area contributed by atoms with Crippen molar-refractivity contribution in [1.82, 2.24) is 20.2 Å². The van der Waals surface area contributed by atoms with Crippen LogP contribution in [0.5, 0.6) is 5.75 Å². The molecule has 1 saturated carbocycles. The van der Waals surface area contributed by atoms with Gasteiger partial charge in [-0.15, -0.1) is 5.10 Å². The lowest BCUT2D eigenvalue weighted by atomic mass is 10.1. The van der Waals surface area contributed by atoms with Crippen LogP contribution in [0.15, 0.2) is 52.2 Å². The number of ether oxygens (including phenoxy) is 1. The number of aromatic amines is 2. The zero-order valence-electron chi connectivity index (χ0n) is 15.6. The van der Waals surface area contributed by atoms with Gasteiger partial charge in [0.15, 0.2) is 0 Å². The van der Waals surface area contributed by atoms with E-state index in [1.807, 2.05) is 37.3 Å². The van der Waals surface area contributed by atoms with Crippen LogP contribution in [-0.4, -0.2) is 27.3 Å². The molecule has 1 fully saturated rings. The molecule has 3 aromatic rings. The van der Waals surface area contributed by atoms with Gasteiger partial charge in [0.05, 0.1) is 18.4 Å². The summed E-state index contributed by atoms with van der Waals surface area (Å²) < 4.78 is 5.18. The van der Waals surface area contributed by atoms with Crippen LogP contribution in [0.25, 0.3) is 17.3 Å². The molecular weight excluding hydrogens is 356 g/mol. The Bertz CT molecular complexity index is 1150. The van der Waals surface area contributed by atoms with Gasteiger partial charge in [-0.3, -0.25) is 9.78 Å². The predicted molar refractivity (Wildman–Crippen MR) is 106 cm³/mol. The molecule has 2 atom stereocenters. The van der Waals surface area contributed by atoms with Crippen LogP contribution < -0.4 is 16.0 Å². The Kier molecular flexibility index (Phi) is 4.65. The zero-order valence-corrected chi connectivity index (χ0v) is 15.6. The number of rotatable bonds is 5. The molecule has 0 bridgehead atoms. The Morgan fingerprint density at radius 3 is 2.68 bits per heavy atom. The molecule has 1 aromatic carbocycles. The van der Waals surface area contributed by atoms with E-state index in [-0.39, 0.29) is 0 Å². The topological polar surface area (TPSA) is 101 Å². The van der Waals surface area contributed by atoms with E-state index in [2.05, 4.69) is 32.3 Å². The molecule has 7 heteroatoms. The largest absolute Gasteiger partial charge is 0.497 e. The van der Waals surface area contributed by atoms with E-state index in [0.29, 0.717) is 23.1 Å². The first-order valence-corrected chi connectivity index (χ1v) is 9.04. The minimum atomic E-state index is -0.542. The summed E-state index contributed by atoms with van der Waals surface area (Å²) in [5.74, 6) is 1.61. The second-order valence-electron chi connectivity index (χ2n) is 6.89. The van der Waals surface area contributed by atoms with E-state index in [1.54, 1.807) is 7.11 Å². The van der Waals surface area contributed by atoms with Gasteiger partial charge in [-0.05, 0) is 54.5 Å². The molecule has 0 radical (unpaired) electrons. The van der Waals surface area contributed by atoms with Crippen molar-refractivity contribution in [2.24, 2.45) is 5.92 Å². The summed E-state index contributed by atoms with van der Waals surface area (Å²) in [7, 11) is 1.65. The molecule has 1 aliphatic rings. The van der Waals surface area contributed by atoms with Crippen LogP contribution in [0.4, 0.5) is 0 Å². The second-order valence-corrected chi connectivity index (χ2v) is 6.89. The van der Waals surface area contributed by atoms with Crippen molar-refractivity contribution >= 4 is 6.08 Å². The van der Waals surface area contributed by atoms with E-state index in [1.165, 1.54) is 6.20 Å². The van der Waals surface area contributed by atoms with Crippen LogP contribution >= 0.6 is 0 Å². The molecule has 2 aromatic heterocycles. The minimum absolute atomic E-state index is 0.305. The van der Waals surface area contributed by atoms with Crippen molar-refractivity contribution in [2.45, 2.75) is 19.3 Å². The Morgan fingerprint density at radius 2 is 1.96 bits per heavy atom. The molecule has 1 aliphatic carbocycles. The maximum atomic E-state index is 12.0. The fraction of sp³-hybridized carbons (Fsp3) is 0.238. The predicted octanol–water partition coefficient (Wildman–Crippen LogP) is 2.65. The lowest BCUT2D eigenvalue weighted by Gasteiger charge is -2.06. The summed E-state index contributed by atoms with van der Waals surface area (Å²) >= 11 is 0. The number of aromatic nitrogens is 4. The van der Waals surface area contributed by atoms with Crippen molar-refractivity contribution < 1.29 is 4.74 Å². The Hall–Kier alpha value is -3.48. The van der Waals surface area contributed by atoms with E-state index >= 15 is 0 Å². The zero-order chi connectivity index (χ0) is 19.7. The highest BCUT2D eigenvalue weighted by atomic mass is 16.5. The average molecular weight is 376 g/mol. The summed E-state index contributed by atoms with van der Waals surface area (Å²) in [5.41, 5.74) is 2.81. The van der Waals surface area contributed by atoms with Gasteiger partial charge in [0.2, 0.25) is 0 Å². The molecule has 7 nitrogen and oxygen atoms in total. The molecule has 2 heterocycles. The number of nitrogens with zero attached hydrogens (tertiary/aromatic N) is 2. The first kappa shape index (κ1) is 17.9. The van der Waals surface area contributed by atoms with Crippen LogP contribution in [-0.2, 0) is 0 Å². The minimum Gasteiger partial charge on any atom is -0.497 e.